The van der Waals surface area contributed by atoms with Crippen LogP contribution in [0.1, 0.15) is 31.7 Å². The van der Waals surface area contributed by atoms with E-state index in [1.54, 1.807) is 0 Å². The van der Waals surface area contributed by atoms with E-state index in [0.717, 1.165) is 38.9 Å². The second kappa shape index (κ2) is 6.32. The molecule has 0 saturated carbocycles. The number of rotatable bonds is 2. The van der Waals surface area contributed by atoms with Gasteiger partial charge in [0.1, 0.15) is 12.6 Å². The van der Waals surface area contributed by atoms with Gasteiger partial charge in [-0.1, -0.05) is 18.2 Å². The molecule has 2 saturated heterocycles. The van der Waals surface area contributed by atoms with Crippen molar-refractivity contribution in [1.29, 1.82) is 5.26 Å². The molecule has 1 aromatic carbocycles. The van der Waals surface area contributed by atoms with E-state index >= 15 is 0 Å². The van der Waals surface area contributed by atoms with Crippen molar-refractivity contribution in [3.05, 3.63) is 29.8 Å². The third-order valence-corrected chi connectivity index (χ3v) is 5.99. The minimum atomic E-state index is -0.102. The quantitative estimate of drug-likeness (QED) is 0.791. The lowest BCUT2D eigenvalue weighted by Gasteiger charge is -2.40. The van der Waals surface area contributed by atoms with Gasteiger partial charge in [0.2, 0.25) is 5.91 Å². The Morgan fingerprint density at radius 2 is 2.08 bits per heavy atom. The van der Waals surface area contributed by atoms with Crippen molar-refractivity contribution in [2.24, 2.45) is 0 Å². The number of hydrogen-bond acceptors (Lipinski definition) is 5. The largest absolute Gasteiger partial charge is 0.357 e. The van der Waals surface area contributed by atoms with Gasteiger partial charge in [-0.25, -0.2) is 5.43 Å². The van der Waals surface area contributed by atoms with E-state index < -0.39 is 0 Å². The molecule has 1 amide bonds. The molecule has 3 heterocycles. The summed E-state index contributed by atoms with van der Waals surface area (Å²) >= 11 is 0. The van der Waals surface area contributed by atoms with Gasteiger partial charge < -0.3 is 9.80 Å². The molecule has 132 valence electrons. The van der Waals surface area contributed by atoms with E-state index in [1.165, 1.54) is 11.3 Å². The molecule has 2 atom stereocenters. The van der Waals surface area contributed by atoms with Crippen molar-refractivity contribution in [3.63, 3.8) is 0 Å². The Hall–Kier alpha value is -2.10. The molecule has 3 aliphatic heterocycles. The highest BCUT2D eigenvalue weighted by molar-refractivity contribution is 5.82. The van der Waals surface area contributed by atoms with Crippen LogP contribution in [0.4, 0.5) is 5.69 Å². The van der Waals surface area contributed by atoms with Crippen LogP contribution < -0.4 is 15.8 Å². The molecule has 6 heteroatoms. The summed E-state index contributed by atoms with van der Waals surface area (Å²) in [5, 5.41) is 9.14. The number of nitrogens with zero attached hydrogens (tertiary/aromatic N) is 3. The summed E-state index contributed by atoms with van der Waals surface area (Å²) < 4.78 is 0. The third kappa shape index (κ3) is 2.78. The summed E-state index contributed by atoms with van der Waals surface area (Å²) in [6, 6.07) is 11.0. The van der Waals surface area contributed by atoms with Crippen molar-refractivity contribution < 1.29 is 4.79 Å². The topological polar surface area (TPSA) is 71.4 Å². The Bertz CT molecular complexity index is 704. The Morgan fingerprint density at radius 3 is 2.76 bits per heavy atom. The zero-order valence-electron chi connectivity index (χ0n) is 14.7. The van der Waals surface area contributed by atoms with Gasteiger partial charge in [0, 0.05) is 36.8 Å². The molecule has 6 nitrogen and oxygen atoms in total. The predicted molar refractivity (Wildman–Crippen MR) is 95.9 cm³/mol. The van der Waals surface area contributed by atoms with Crippen LogP contribution >= 0.6 is 0 Å². The number of amides is 1. The first-order valence-electron chi connectivity index (χ1n) is 9.14. The first-order chi connectivity index (χ1) is 12.1. The van der Waals surface area contributed by atoms with Gasteiger partial charge in [0.25, 0.3) is 0 Å². The normalized spacial score (nSPS) is 27.4. The van der Waals surface area contributed by atoms with Crippen molar-refractivity contribution in [2.75, 3.05) is 31.1 Å². The lowest BCUT2D eigenvalue weighted by Crippen LogP contribution is -2.52. The number of nitrogens with one attached hydrogen (secondary N) is 2. The SMILES string of the molecule is CC1CC(C(=O)N2CCC3(CC2)CN(CC#N)c2ccccc23)NN1. The summed E-state index contributed by atoms with van der Waals surface area (Å²) in [6.45, 7) is 4.99. The van der Waals surface area contributed by atoms with E-state index in [-0.39, 0.29) is 17.4 Å². The number of likely N-dealkylation sites (tertiary alicyclic amines) is 1. The van der Waals surface area contributed by atoms with Crippen LogP contribution in [-0.4, -0.2) is 49.1 Å². The number of para-hydroxylation sites is 1. The molecule has 0 aromatic heterocycles. The average Bonchev–Trinajstić information content (AvgIpc) is 3.19. The molecule has 2 unspecified atom stereocenters. The molecule has 1 aromatic rings. The minimum absolute atomic E-state index is 0.0822. The second-order valence-electron chi connectivity index (χ2n) is 7.61. The van der Waals surface area contributed by atoms with Crippen LogP contribution in [0.5, 0.6) is 0 Å². The molecule has 3 aliphatic rings. The van der Waals surface area contributed by atoms with Crippen LogP contribution in [0.25, 0.3) is 0 Å². The number of piperidine rings is 1. The predicted octanol–water partition coefficient (Wildman–Crippen LogP) is 1.15. The molecule has 4 rings (SSSR count). The first-order valence-corrected chi connectivity index (χ1v) is 9.14. The van der Waals surface area contributed by atoms with Gasteiger partial charge in [-0.3, -0.25) is 10.2 Å². The molecular weight excluding hydrogens is 314 g/mol. The van der Waals surface area contributed by atoms with Gasteiger partial charge in [-0.2, -0.15) is 5.26 Å². The van der Waals surface area contributed by atoms with Crippen molar-refractivity contribution >= 4 is 11.6 Å². The number of carbonyl (C=O) groups excluding carboxylic acids is 1. The maximum absolute atomic E-state index is 12.7. The van der Waals surface area contributed by atoms with E-state index in [1.807, 2.05) is 11.0 Å². The van der Waals surface area contributed by atoms with Crippen LogP contribution in [0.3, 0.4) is 0 Å². The Balaban J connectivity index is 1.48. The fraction of sp³-hybridized carbons (Fsp3) is 0.579. The van der Waals surface area contributed by atoms with Crippen LogP contribution in [-0.2, 0) is 10.2 Å². The van der Waals surface area contributed by atoms with Crippen LogP contribution in [0.2, 0.25) is 0 Å². The molecular formula is C19H25N5O. The van der Waals surface area contributed by atoms with Crippen molar-refractivity contribution in [1.82, 2.24) is 15.8 Å². The Morgan fingerprint density at radius 1 is 1.32 bits per heavy atom. The van der Waals surface area contributed by atoms with Gasteiger partial charge in [-0.05, 0) is 37.8 Å². The van der Waals surface area contributed by atoms with Crippen LogP contribution in [0, 0.1) is 11.3 Å². The fourth-order valence-corrected chi connectivity index (χ4v) is 4.64. The van der Waals surface area contributed by atoms with Crippen molar-refractivity contribution in [2.45, 2.75) is 43.7 Å². The molecule has 0 bridgehead atoms. The fourth-order valence-electron chi connectivity index (χ4n) is 4.64. The van der Waals surface area contributed by atoms with Gasteiger partial charge in [0.05, 0.1) is 6.07 Å². The summed E-state index contributed by atoms with van der Waals surface area (Å²) in [7, 11) is 0. The molecule has 0 aliphatic carbocycles. The first kappa shape index (κ1) is 16.4. The number of carbonyl (C=O) groups is 1. The summed E-state index contributed by atoms with van der Waals surface area (Å²) in [6.07, 6.45) is 2.78. The lowest BCUT2D eigenvalue weighted by atomic mass is 9.74. The van der Waals surface area contributed by atoms with Gasteiger partial charge in [0.15, 0.2) is 0 Å². The highest BCUT2D eigenvalue weighted by Gasteiger charge is 2.45. The molecule has 1 spiro atoms. The molecule has 25 heavy (non-hydrogen) atoms. The number of nitriles is 1. The van der Waals surface area contributed by atoms with E-state index in [0.29, 0.717) is 12.6 Å². The smallest absolute Gasteiger partial charge is 0.241 e. The zero-order chi connectivity index (χ0) is 17.4. The highest BCUT2D eigenvalue weighted by Crippen LogP contribution is 2.46. The van der Waals surface area contributed by atoms with Gasteiger partial charge in [-0.15, -0.1) is 0 Å². The minimum Gasteiger partial charge on any atom is -0.357 e. The van der Waals surface area contributed by atoms with Gasteiger partial charge >= 0.3 is 0 Å². The summed E-state index contributed by atoms with van der Waals surface area (Å²) in [5.41, 5.74) is 8.88. The number of anilines is 1. The number of hydrogen-bond donors (Lipinski definition) is 2. The standard InChI is InChI=1S/C19H25N5O/c1-14-12-16(22-21-14)18(25)23-9-6-19(7-10-23)13-24(11-8-20)17-5-3-2-4-15(17)19/h2-5,14,16,21-22H,6-7,9-13H2,1H3. The molecule has 2 N–H and O–H groups in total. The highest BCUT2D eigenvalue weighted by atomic mass is 16.2. The Kier molecular flexibility index (Phi) is 4.14. The maximum atomic E-state index is 12.7. The van der Waals surface area contributed by atoms with E-state index in [2.05, 4.69) is 46.9 Å². The second-order valence-corrected chi connectivity index (χ2v) is 7.61. The maximum Gasteiger partial charge on any atom is 0.241 e. The lowest BCUT2D eigenvalue weighted by molar-refractivity contribution is -0.134. The summed E-state index contributed by atoms with van der Waals surface area (Å²) in [4.78, 5) is 16.9. The number of hydrazine groups is 1. The number of benzene rings is 1. The molecule has 0 radical (unpaired) electrons. The van der Waals surface area contributed by atoms with E-state index in [9.17, 15) is 4.79 Å². The Labute approximate surface area is 148 Å². The average molecular weight is 339 g/mol. The third-order valence-electron chi connectivity index (χ3n) is 5.99. The van der Waals surface area contributed by atoms with E-state index in [4.69, 9.17) is 5.26 Å². The summed E-state index contributed by atoms with van der Waals surface area (Å²) in [5.74, 6) is 0.215. The monoisotopic (exact) mass is 339 g/mol. The zero-order valence-corrected chi connectivity index (χ0v) is 14.7. The van der Waals surface area contributed by atoms with Crippen LogP contribution in [0.15, 0.2) is 24.3 Å². The molecule has 2 fully saturated rings. The van der Waals surface area contributed by atoms with Crippen molar-refractivity contribution in [3.8, 4) is 6.07 Å². The number of fused-ring (bicyclic) bond motifs is 2.